The lowest BCUT2D eigenvalue weighted by molar-refractivity contribution is -0.387. The van der Waals surface area contributed by atoms with Gasteiger partial charge in [-0.05, 0) is 23.9 Å². The molecule has 0 fully saturated rings. The van der Waals surface area contributed by atoms with Crippen molar-refractivity contribution in [1.82, 2.24) is 10.6 Å². The van der Waals surface area contributed by atoms with Gasteiger partial charge in [-0.25, -0.2) is 13.2 Å². The number of carbonyl (C=O) groups is 3. The summed E-state index contributed by atoms with van der Waals surface area (Å²) < 4.78 is 27.5. The summed E-state index contributed by atoms with van der Waals surface area (Å²) in [6.07, 6.45) is -0.693. The first-order valence-corrected chi connectivity index (χ1v) is 11.3. The zero-order chi connectivity index (χ0) is 24.8. The Morgan fingerprint density at radius 3 is 2.52 bits per heavy atom. The Morgan fingerprint density at radius 2 is 1.91 bits per heavy atom. The molecule has 33 heavy (non-hydrogen) atoms. The number of aliphatic carboxylic acids is 1. The second kappa shape index (κ2) is 10.5. The fourth-order valence-corrected chi connectivity index (χ4v) is 4.63. The van der Waals surface area contributed by atoms with E-state index in [1.807, 2.05) is 5.32 Å². The van der Waals surface area contributed by atoms with Crippen molar-refractivity contribution >= 4 is 56.5 Å². The molecule has 2 aromatic rings. The number of nitrogens with one attached hydrogen (secondary N) is 4. The fourth-order valence-electron chi connectivity index (χ4n) is 2.57. The highest BCUT2D eigenvalue weighted by Crippen LogP contribution is 2.29. The number of rotatable bonds is 10. The topological polar surface area (TPSA) is 235 Å². The number of benzene rings is 1. The fraction of sp³-hybridized carbons (Fsp3) is 0.176. The van der Waals surface area contributed by atoms with E-state index in [4.69, 9.17) is 11.1 Å². The number of carbonyl (C=O) groups excluding carboxylic acids is 2. The van der Waals surface area contributed by atoms with Gasteiger partial charge in [-0.15, -0.1) is 11.3 Å². The maximum atomic E-state index is 12.7. The van der Waals surface area contributed by atoms with Crippen LogP contribution in [0.2, 0.25) is 0 Å². The van der Waals surface area contributed by atoms with Crippen molar-refractivity contribution in [2.45, 2.75) is 23.8 Å². The molecule has 0 radical (unpaired) electrons. The second-order valence-corrected chi connectivity index (χ2v) is 8.93. The largest absolute Gasteiger partial charge is 0.480 e. The molecule has 2 amide bonds. The third kappa shape index (κ3) is 6.71. The molecular formula is C17H18N6O8S2. The van der Waals surface area contributed by atoms with Crippen LogP contribution in [0.15, 0.2) is 40.6 Å². The average molecular weight is 498 g/mol. The van der Waals surface area contributed by atoms with E-state index < -0.39 is 55.3 Å². The number of sulfonamides is 1. The van der Waals surface area contributed by atoms with Crippen LogP contribution < -0.4 is 21.1 Å². The van der Waals surface area contributed by atoms with Gasteiger partial charge in [0.2, 0.25) is 5.91 Å². The highest BCUT2D eigenvalue weighted by Gasteiger charge is 2.28. The number of nitrogens with two attached hydrogens (primary N) is 1. The van der Waals surface area contributed by atoms with Gasteiger partial charge >= 0.3 is 5.97 Å². The quantitative estimate of drug-likeness (QED) is 0.115. The van der Waals surface area contributed by atoms with E-state index in [1.165, 1.54) is 23.6 Å². The van der Waals surface area contributed by atoms with Gasteiger partial charge in [0.1, 0.15) is 10.9 Å². The van der Waals surface area contributed by atoms with Gasteiger partial charge in [0.15, 0.2) is 10.9 Å². The Balaban J connectivity index is 2.19. The molecule has 7 N–H and O–H groups in total. The minimum Gasteiger partial charge on any atom is -0.480 e. The van der Waals surface area contributed by atoms with Crippen LogP contribution in [0.25, 0.3) is 0 Å². The molecule has 14 nitrogen and oxygen atoms in total. The predicted molar refractivity (Wildman–Crippen MR) is 116 cm³/mol. The molecule has 0 aliphatic rings. The Morgan fingerprint density at radius 1 is 1.24 bits per heavy atom. The summed E-state index contributed by atoms with van der Waals surface area (Å²) in [6.45, 7) is 0. The van der Waals surface area contributed by atoms with Gasteiger partial charge in [-0.1, -0.05) is 12.1 Å². The highest BCUT2D eigenvalue weighted by molar-refractivity contribution is 7.92. The lowest BCUT2D eigenvalue weighted by Crippen LogP contribution is -2.42. The number of amides is 2. The van der Waals surface area contributed by atoms with Crippen LogP contribution in [0.1, 0.15) is 22.5 Å². The Bertz CT molecular complexity index is 1210. The SMILES string of the molecule is N=C(N)NC(=O)CC[C@H](NC(=O)c1sccc1NS(=O)(=O)c1ccccc1[N+](=O)[O-])C(=O)O. The van der Waals surface area contributed by atoms with Crippen molar-refractivity contribution in [3.8, 4) is 0 Å². The summed E-state index contributed by atoms with van der Waals surface area (Å²) in [5.74, 6) is -3.73. The first kappa shape index (κ1) is 25.2. The lowest BCUT2D eigenvalue weighted by atomic mass is 10.1. The van der Waals surface area contributed by atoms with Crippen LogP contribution in [-0.4, -0.2) is 48.2 Å². The van der Waals surface area contributed by atoms with Crippen molar-refractivity contribution in [1.29, 1.82) is 5.41 Å². The van der Waals surface area contributed by atoms with Gasteiger partial charge in [0, 0.05) is 12.5 Å². The van der Waals surface area contributed by atoms with Crippen molar-refractivity contribution < 1.29 is 32.8 Å². The van der Waals surface area contributed by atoms with Gasteiger partial charge in [0.05, 0.1) is 10.6 Å². The lowest BCUT2D eigenvalue weighted by Gasteiger charge is -2.15. The first-order chi connectivity index (χ1) is 15.4. The van der Waals surface area contributed by atoms with Crippen molar-refractivity contribution in [2.75, 3.05) is 4.72 Å². The number of hydrogen-bond donors (Lipinski definition) is 6. The molecule has 16 heteroatoms. The molecule has 0 aliphatic carbocycles. The Kier molecular flexibility index (Phi) is 8.03. The number of nitro benzene ring substituents is 1. The zero-order valence-corrected chi connectivity index (χ0v) is 18.2. The summed E-state index contributed by atoms with van der Waals surface area (Å²) >= 11 is 0.801. The predicted octanol–water partition coefficient (Wildman–Crippen LogP) is 0.430. The third-order valence-electron chi connectivity index (χ3n) is 4.00. The summed E-state index contributed by atoms with van der Waals surface area (Å²) in [5.41, 5.74) is 4.13. The van der Waals surface area contributed by atoms with E-state index in [0.29, 0.717) is 0 Å². The third-order valence-corrected chi connectivity index (χ3v) is 6.33. The first-order valence-electron chi connectivity index (χ1n) is 8.93. The number of hydrogen-bond acceptors (Lipinski definition) is 9. The zero-order valence-electron chi connectivity index (χ0n) is 16.6. The molecule has 1 heterocycles. The van der Waals surface area contributed by atoms with E-state index >= 15 is 0 Å². The summed E-state index contributed by atoms with van der Waals surface area (Å²) in [5, 5.41) is 33.0. The molecule has 0 bridgehead atoms. The summed E-state index contributed by atoms with van der Waals surface area (Å²) in [6, 6.07) is 4.36. The average Bonchev–Trinajstić information content (AvgIpc) is 3.17. The number of nitro groups is 1. The number of para-hydroxylation sites is 1. The van der Waals surface area contributed by atoms with Crippen LogP contribution in [0.3, 0.4) is 0 Å². The number of anilines is 1. The summed E-state index contributed by atoms with van der Waals surface area (Å²) in [4.78, 5) is 45.1. The molecule has 2 rings (SSSR count). The number of carboxylic acid groups (broad SMARTS) is 1. The van der Waals surface area contributed by atoms with Crippen molar-refractivity contribution in [3.05, 3.63) is 50.7 Å². The van der Waals surface area contributed by atoms with Crippen LogP contribution in [-0.2, 0) is 19.6 Å². The van der Waals surface area contributed by atoms with Crippen molar-refractivity contribution in [3.63, 3.8) is 0 Å². The number of nitrogens with zero attached hydrogens (tertiary/aromatic N) is 1. The van der Waals surface area contributed by atoms with E-state index in [-0.39, 0.29) is 23.4 Å². The van der Waals surface area contributed by atoms with Gasteiger partial charge < -0.3 is 16.2 Å². The second-order valence-electron chi connectivity index (χ2n) is 6.36. The van der Waals surface area contributed by atoms with Gasteiger partial charge in [-0.3, -0.25) is 35.2 Å². The minimum absolute atomic E-state index is 0.198. The number of thiophene rings is 1. The molecule has 176 valence electrons. The van der Waals surface area contributed by atoms with E-state index in [1.54, 1.807) is 0 Å². The molecule has 1 atom stereocenters. The minimum atomic E-state index is -4.46. The maximum Gasteiger partial charge on any atom is 0.326 e. The molecule has 0 aliphatic heterocycles. The molecule has 0 unspecified atom stereocenters. The van der Waals surface area contributed by atoms with Crippen LogP contribution in [0.4, 0.5) is 11.4 Å². The van der Waals surface area contributed by atoms with E-state index in [2.05, 4.69) is 10.0 Å². The molecule has 1 aromatic carbocycles. The standard InChI is InChI=1S/C17H18N6O8S2/c18-17(19)21-13(24)6-5-10(16(26)27)20-15(25)14-9(7-8-32-14)22-33(30,31)12-4-2-1-3-11(12)23(28)29/h1-4,7-8,10,22H,5-6H2,(H,20,25)(H,26,27)(H4,18,19,21,24)/t10-/m0/s1. The Labute approximate surface area is 190 Å². The monoisotopic (exact) mass is 498 g/mol. The van der Waals surface area contributed by atoms with Gasteiger partial charge in [0.25, 0.3) is 21.6 Å². The van der Waals surface area contributed by atoms with E-state index in [0.717, 1.165) is 23.5 Å². The molecular weight excluding hydrogens is 480 g/mol. The normalized spacial score (nSPS) is 11.8. The molecule has 1 aromatic heterocycles. The summed E-state index contributed by atoms with van der Waals surface area (Å²) in [7, 11) is -4.46. The van der Waals surface area contributed by atoms with Crippen molar-refractivity contribution in [2.24, 2.45) is 5.73 Å². The molecule has 0 spiro atoms. The maximum absolute atomic E-state index is 12.7. The number of carboxylic acids is 1. The molecule has 0 saturated heterocycles. The van der Waals surface area contributed by atoms with Crippen LogP contribution in [0.5, 0.6) is 0 Å². The van der Waals surface area contributed by atoms with Gasteiger partial charge in [-0.2, -0.15) is 0 Å². The smallest absolute Gasteiger partial charge is 0.326 e. The Hall–Kier alpha value is -4.05. The molecule has 0 saturated carbocycles. The highest BCUT2D eigenvalue weighted by atomic mass is 32.2. The van der Waals surface area contributed by atoms with E-state index in [9.17, 15) is 38.0 Å². The van der Waals surface area contributed by atoms with Crippen LogP contribution in [0, 0.1) is 15.5 Å². The van der Waals surface area contributed by atoms with Crippen LogP contribution >= 0.6 is 11.3 Å². The number of guanidine groups is 1.